The molecule has 31 heavy (non-hydrogen) atoms. The number of halogens is 3. The fraction of sp³-hybridized carbons (Fsp3) is 0.286. The van der Waals surface area contributed by atoms with Crippen LogP contribution in [0.4, 0.5) is 19.0 Å². The highest BCUT2D eigenvalue weighted by atomic mass is 19.3. The van der Waals surface area contributed by atoms with E-state index >= 15 is 0 Å². The molecule has 1 atom stereocenters. The van der Waals surface area contributed by atoms with Crippen LogP contribution in [0.15, 0.2) is 42.7 Å². The maximum Gasteiger partial charge on any atom is 0.266 e. The minimum Gasteiger partial charge on any atom is -0.488 e. The van der Waals surface area contributed by atoms with Gasteiger partial charge >= 0.3 is 0 Å². The number of hydrogen-bond acceptors (Lipinski definition) is 6. The number of aromatic nitrogens is 4. The van der Waals surface area contributed by atoms with E-state index in [1.54, 1.807) is 4.52 Å². The number of anilines is 1. The monoisotopic (exact) mass is 429 g/mol. The smallest absolute Gasteiger partial charge is 0.266 e. The maximum absolute atomic E-state index is 14.4. The summed E-state index contributed by atoms with van der Waals surface area (Å²) in [5.74, 6) is 0.487. The zero-order chi connectivity index (χ0) is 21.4. The van der Waals surface area contributed by atoms with Crippen molar-refractivity contribution < 1.29 is 22.6 Å². The van der Waals surface area contributed by atoms with Crippen LogP contribution >= 0.6 is 0 Å². The molecule has 0 amide bonds. The summed E-state index contributed by atoms with van der Waals surface area (Å²) in [4.78, 5) is 8.59. The van der Waals surface area contributed by atoms with Crippen LogP contribution in [-0.4, -0.2) is 38.9 Å². The van der Waals surface area contributed by atoms with Gasteiger partial charge in [-0.15, -0.1) is 0 Å². The van der Waals surface area contributed by atoms with E-state index in [4.69, 9.17) is 9.47 Å². The molecule has 0 saturated carbocycles. The number of alkyl halides is 2. The molecule has 1 fully saturated rings. The van der Waals surface area contributed by atoms with Gasteiger partial charge in [0.05, 0.1) is 24.3 Å². The van der Waals surface area contributed by atoms with Crippen molar-refractivity contribution in [2.45, 2.75) is 25.5 Å². The Morgan fingerprint density at radius 3 is 2.97 bits per heavy atom. The van der Waals surface area contributed by atoms with Crippen molar-refractivity contribution >= 4 is 22.5 Å². The van der Waals surface area contributed by atoms with Gasteiger partial charge in [0.25, 0.3) is 12.2 Å². The second-order valence-corrected chi connectivity index (χ2v) is 7.19. The number of benzene rings is 2. The first-order valence-electron chi connectivity index (χ1n) is 9.77. The highest BCUT2D eigenvalue weighted by molar-refractivity contribution is 5.92. The lowest BCUT2D eigenvalue weighted by Gasteiger charge is -2.15. The summed E-state index contributed by atoms with van der Waals surface area (Å²) in [6, 6.07) is 9.43. The average Bonchev–Trinajstić information content (AvgIpc) is 3.44. The molecule has 0 radical (unpaired) electrons. The summed E-state index contributed by atoms with van der Waals surface area (Å²) in [7, 11) is 0. The van der Waals surface area contributed by atoms with Gasteiger partial charge in [-0.1, -0.05) is 18.2 Å². The topological polar surface area (TPSA) is 73.6 Å². The molecule has 10 heteroatoms. The van der Waals surface area contributed by atoms with Crippen molar-refractivity contribution in [1.29, 1.82) is 0 Å². The number of ether oxygens (including phenoxy) is 2. The minimum atomic E-state index is -2.88. The fourth-order valence-corrected chi connectivity index (χ4v) is 3.62. The lowest BCUT2D eigenvalue weighted by atomic mass is 10.1. The van der Waals surface area contributed by atoms with Crippen molar-refractivity contribution in [2.24, 2.45) is 0 Å². The first-order valence-corrected chi connectivity index (χ1v) is 9.77. The molecule has 0 spiro atoms. The van der Waals surface area contributed by atoms with Crippen LogP contribution in [0.5, 0.6) is 5.75 Å². The van der Waals surface area contributed by atoms with Gasteiger partial charge in [-0.05, 0) is 18.2 Å². The van der Waals surface area contributed by atoms with Gasteiger partial charge in [-0.25, -0.2) is 13.2 Å². The fourth-order valence-electron chi connectivity index (χ4n) is 3.62. The summed E-state index contributed by atoms with van der Waals surface area (Å²) in [6.07, 6.45) is -0.713. The Morgan fingerprint density at radius 2 is 2.16 bits per heavy atom. The molecule has 3 heterocycles. The number of fused-ring (bicyclic) bond motifs is 3. The minimum absolute atomic E-state index is 0.0249. The van der Waals surface area contributed by atoms with E-state index in [2.05, 4.69) is 20.4 Å². The van der Waals surface area contributed by atoms with Crippen molar-refractivity contribution in [3.05, 3.63) is 59.7 Å². The lowest BCUT2D eigenvalue weighted by molar-refractivity contribution is 0.141. The third-order valence-corrected chi connectivity index (χ3v) is 5.17. The van der Waals surface area contributed by atoms with Crippen molar-refractivity contribution in [3.8, 4) is 5.75 Å². The van der Waals surface area contributed by atoms with Crippen LogP contribution in [-0.2, 0) is 11.3 Å². The van der Waals surface area contributed by atoms with Gasteiger partial charge in [0, 0.05) is 23.9 Å². The summed E-state index contributed by atoms with van der Waals surface area (Å²) >= 11 is 0. The van der Waals surface area contributed by atoms with Crippen LogP contribution in [0.2, 0.25) is 0 Å². The van der Waals surface area contributed by atoms with Crippen molar-refractivity contribution in [1.82, 2.24) is 19.6 Å². The van der Waals surface area contributed by atoms with Crippen LogP contribution in [0, 0.1) is 5.82 Å². The van der Waals surface area contributed by atoms with Gasteiger partial charge in [0.1, 0.15) is 29.8 Å². The zero-order valence-corrected chi connectivity index (χ0v) is 16.3. The lowest BCUT2D eigenvalue weighted by Crippen LogP contribution is -2.15. The second-order valence-electron chi connectivity index (χ2n) is 7.19. The predicted molar refractivity (Wildman–Crippen MR) is 107 cm³/mol. The molecule has 4 aromatic rings. The Kier molecular flexibility index (Phi) is 5.06. The van der Waals surface area contributed by atoms with Gasteiger partial charge in [-0.3, -0.25) is 0 Å². The molecule has 2 aromatic carbocycles. The Labute approximate surface area is 174 Å². The SMILES string of the molecule is Fc1c(CNc2nc3ncnn3c3ccc(OC4CCOC4)cc23)cccc1C(F)F. The Hall–Kier alpha value is -3.40. The van der Waals surface area contributed by atoms with Crippen LogP contribution in [0.1, 0.15) is 24.0 Å². The summed E-state index contributed by atoms with van der Waals surface area (Å²) in [6.45, 7) is 1.17. The maximum atomic E-state index is 14.4. The van der Waals surface area contributed by atoms with Crippen molar-refractivity contribution in [3.63, 3.8) is 0 Å². The van der Waals surface area contributed by atoms with Crippen LogP contribution in [0.3, 0.4) is 0 Å². The Balaban J connectivity index is 1.51. The van der Waals surface area contributed by atoms with Gasteiger partial charge < -0.3 is 14.8 Å². The van der Waals surface area contributed by atoms with E-state index in [1.807, 2.05) is 18.2 Å². The number of nitrogens with zero attached hydrogens (tertiary/aromatic N) is 4. The van der Waals surface area contributed by atoms with Gasteiger partial charge in [0.15, 0.2) is 0 Å². The zero-order valence-electron chi connectivity index (χ0n) is 16.3. The second kappa shape index (κ2) is 8.03. The predicted octanol–water partition coefficient (Wildman–Crippen LogP) is 4.13. The molecule has 7 nitrogen and oxygen atoms in total. The van der Waals surface area contributed by atoms with E-state index in [9.17, 15) is 13.2 Å². The molecule has 2 aromatic heterocycles. The van der Waals surface area contributed by atoms with E-state index in [1.165, 1.54) is 18.5 Å². The molecular weight excluding hydrogens is 411 g/mol. The summed E-state index contributed by atoms with van der Waals surface area (Å²) in [5.41, 5.74) is 0.214. The standard InChI is InChI=1S/C21H18F3N5O2/c22-18-12(2-1-3-15(18)19(23)24)9-25-20-16-8-13(31-14-6-7-30-10-14)4-5-17(16)29-21(28-20)26-11-27-29/h1-5,8,11,14,19H,6-7,9-10H2,(H,25,26,27,28). The Bertz CT molecular complexity index is 1240. The van der Waals surface area contributed by atoms with Crippen LogP contribution in [0.25, 0.3) is 16.7 Å². The quantitative estimate of drug-likeness (QED) is 0.497. The molecule has 5 rings (SSSR count). The van der Waals surface area contributed by atoms with Crippen molar-refractivity contribution in [2.75, 3.05) is 18.5 Å². The summed E-state index contributed by atoms with van der Waals surface area (Å²) < 4.78 is 53.4. The number of nitrogens with one attached hydrogen (secondary N) is 1. The third kappa shape index (κ3) is 3.74. The molecule has 160 valence electrons. The van der Waals surface area contributed by atoms with E-state index < -0.39 is 17.8 Å². The largest absolute Gasteiger partial charge is 0.488 e. The average molecular weight is 429 g/mol. The van der Waals surface area contributed by atoms with E-state index in [0.29, 0.717) is 35.9 Å². The van der Waals surface area contributed by atoms with Gasteiger partial charge in [0.2, 0.25) is 0 Å². The Morgan fingerprint density at radius 1 is 1.26 bits per heavy atom. The first-order chi connectivity index (χ1) is 15.1. The molecule has 1 N–H and O–H groups in total. The van der Waals surface area contributed by atoms with Crippen LogP contribution < -0.4 is 10.1 Å². The molecule has 1 aliphatic heterocycles. The third-order valence-electron chi connectivity index (χ3n) is 5.17. The normalized spacial score (nSPS) is 16.5. The molecular formula is C21H18F3N5O2. The van der Waals surface area contributed by atoms with E-state index in [-0.39, 0.29) is 18.2 Å². The molecule has 0 bridgehead atoms. The highest BCUT2D eigenvalue weighted by Crippen LogP contribution is 2.29. The number of hydrogen-bond donors (Lipinski definition) is 1. The first kappa shape index (κ1) is 19.6. The molecule has 1 saturated heterocycles. The van der Waals surface area contributed by atoms with E-state index in [0.717, 1.165) is 18.0 Å². The van der Waals surface area contributed by atoms with Gasteiger partial charge in [-0.2, -0.15) is 19.6 Å². The summed E-state index contributed by atoms with van der Waals surface area (Å²) in [5, 5.41) is 7.93. The number of rotatable bonds is 6. The molecule has 1 unspecified atom stereocenters. The highest BCUT2D eigenvalue weighted by Gasteiger charge is 2.19. The molecule has 0 aliphatic carbocycles. The molecule has 1 aliphatic rings.